The summed E-state index contributed by atoms with van der Waals surface area (Å²) in [4.78, 5) is 38.5. The van der Waals surface area contributed by atoms with Crippen molar-refractivity contribution in [3.63, 3.8) is 0 Å². The number of carbonyl (C=O) groups is 3. The van der Waals surface area contributed by atoms with Crippen LogP contribution in [0.2, 0.25) is 25.7 Å². The van der Waals surface area contributed by atoms with Crippen LogP contribution in [-0.2, 0) is 49.9 Å². The third-order valence-electron chi connectivity index (χ3n) is 7.83. The van der Waals surface area contributed by atoms with Crippen LogP contribution < -0.4 is 15.8 Å². The van der Waals surface area contributed by atoms with E-state index in [0.29, 0.717) is 24.3 Å². The number of benzene rings is 4. The summed E-state index contributed by atoms with van der Waals surface area (Å²) >= 11 is 0. The predicted molar refractivity (Wildman–Crippen MR) is 193 cm³/mol. The summed E-state index contributed by atoms with van der Waals surface area (Å²) in [6.07, 6.45) is -0.322. The number of carbonyl (C=O) groups excluding carboxylic acids is 3. The zero-order valence-corrected chi connectivity index (χ0v) is 29.6. The first kappa shape index (κ1) is 36.9. The second-order valence-electron chi connectivity index (χ2n) is 13.1. The van der Waals surface area contributed by atoms with Crippen LogP contribution in [0.3, 0.4) is 0 Å². The van der Waals surface area contributed by atoms with E-state index in [0.717, 1.165) is 33.9 Å². The highest BCUT2D eigenvalue weighted by Crippen LogP contribution is 2.30. The van der Waals surface area contributed by atoms with Gasteiger partial charge in [0.15, 0.2) is 0 Å². The number of nitrogens with two attached hydrogens (primary N) is 1. The summed E-state index contributed by atoms with van der Waals surface area (Å²) in [5, 5.41) is 2.75. The standard InChI is InChI=1S/C39H46N2O7Si/c1-45-37(42)34(40)23-30-16-11-17-31(22-30)32-18-19-36(47-26-28-12-7-5-8-13-28)33(24-32)25-35(38(43)46-20-21-49(2,3)4)41-39(44)48-27-29-14-9-6-10-15-29/h5-19,22,24,34-35H,20-21,23,25-27,40H2,1-4H3,(H,41,44)/t34-,35-/m0/s1. The monoisotopic (exact) mass is 682 g/mol. The van der Waals surface area contributed by atoms with Gasteiger partial charge in [-0.3, -0.25) is 4.79 Å². The lowest BCUT2D eigenvalue weighted by Gasteiger charge is -2.21. The average molecular weight is 683 g/mol. The number of hydrogen-bond donors (Lipinski definition) is 2. The quantitative estimate of drug-likeness (QED) is 0.0761. The number of nitrogens with one attached hydrogen (secondary N) is 1. The van der Waals surface area contributed by atoms with E-state index in [4.69, 9.17) is 24.7 Å². The van der Waals surface area contributed by atoms with Gasteiger partial charge in [-0.2, -0.15) is 0 Å². The molecule has 0 saturated heterocycles. The third-order valence-corrected chi connectivity index (χ3v) is 9.53. The molecule has 0 aliphatic rings. The van der Waals surface area contributed by atoms with E-state index in [1.807, 2.05) is 103 Å². The molecule has 49 heavy (non-hydrogen) atoms. The van der Waals surface area contributed by atoms with Gasteiger partial charge < -0.3 is 30.0 Å². The van der Waals surface area contributed by atoms with Crippen LogP contribution in [0, 0.1) is 0 Å². The van der Waals surface area contributed by atoms with Crippen molar-refractivity contribution in [1.82, 2.24) is 5.32 Å². The second kappa shape index (κ2) is 18.0. The van der Waals surface area contributed by atoms with Gasteiger partial charge in [-0.15, -0.1) is 0 Å². The van der Waals surface area contributed by atoms with Crippen LogP contribution in [0.15, 0.2) is 103 Å². The molecular weight excluding hydrogens is 637 g/mol. The molecule has 4 aromatic rings. The first-order chi connectivity index (χ1) is 23.5. The van der Waals surface area contributed by atoms with Gasteiger partial charge in [0.25, 0.3) is 0 Å². The Morgan fingerprint density at radius 2 is 1.35 bits per heavy atom. The molecule has 0 radical (unpaired) electrons. The predicted octanol–water partition coefficient (Wildman–Crippen LogP) is 6.69. The number of amides is 1. The maximum atomic E-state index is 13.5. The van der Waals surface area contributed by atoms with Gasteiger partial charge in [-0.25, -0.2) is 9.59 Å². The highest BCUT2D eigenvalue weighted by atomic mass is 28.3. The third kappa shape index (κ3) is 12.2. The van der Waals surface area contributed by atoms with Gasteiger partial charge in [0.05, 0.1) is 13.7 Å². The van der Waals surface area contributed by atoms with E-state index in [9.17, 15) is 14.4 Å². The molecule has 0 spiro atoms. The van der Waals surface area contributed by atoms with Crippen LogP contribution in [0.25, 0.3) is 11.1 Å². The minimum absolute atomic E-state index is 0.0565. The van der Waals surface area contributed by atoms with Crippen LogP contribution in [0.1, 0.15) is 22.3 Å². The summed E-state index contributed by atoms with van der Waals surface area (Å²) in [6.45, 7) is 7.25. The number of hydrogen-bond acceptors (Lipinski definition) is 8. The van der Waals surface area contributed by atoms with Crippen molar-refractivity contribution in [2.24, 2.45) is 5.73 Å². The molecule has 0 aromatic heterocycles. The zero-order valence-electron chi connectivity index (χ0n) is 28.6. The fraction of sp³-hybridized carbons (Fsp3) is 0.308. The molecule has 9 nitrogen and oxygen atoms in total. The van der Waals surface area contributed by atoms with Crippen LogP contribution in [0.4, 0.5) is 4.79 Å². The van der Waals surface area contributed by atoms with Crippen LogP contribution in [-0.4, -0.2) is 51.9 Å². The molecule has 0 saturated carbocycles. The Balaban J connectivity index is 1.62. The lowest BCUT2D eigenvalue weighted by atomic mass is 9.96. The molecule has 0 aliphatic carbocycles. The first-order valence-electron chi connectivity index (χ1n) is 16.4. The molecule has 0 fully saturated rings. The summed E-state index contributed by atoms with van der Waals surface area (Å²) < 4.78 is 22.3. The molecule has 4 rings (SSSR count). The molecule has 0 aliphatic heterocycles. The SMILES string of the molecule is COC(=O)[C@@H](N)Cc1cccc(-c2ccc(OCc3ccccc3)c(C[C@H](NC(=O)OCc3ccccc3)C(=O)OCC[Si](C)(C)C)c2)c1. The van der Waals surface area contributed by atoms with Crippen molar-refractivity contribution < 1.29 is 33.3 Å². The first-order valence-corrected chi connectivity index (χ1v) is 20.1. The molecule has 0 heterocycles. The van der Waals surface area contributed by atoms with Gasteiger partial charge in [0.1, 0.15) is 31.0 Å². The summed E-state index contributed by atoms with van der Waals surface area (Å²) in [6, 6.07) is 31.5. The minimum Gasteiger partial charge on any atom is -0.489 e. The number of rotatable bonds is 16. The minimum atomic E-state index is -1.48. The molecule has 2 atom stereocenters. The summed E-state index contributed by atoms with van der Waals surface area (Å²) in [5.41, 5.74) is 11.1. The Morgan fingerprint density at radius 1 is 0.714 bits per heavy atom. The molecular formula is C39H46N2O7Si. The fourth-order valence-corrected chi connectivity index (χ4v) is 5.75. The van der Waals surface area contributed by atoms with Gasteiger partial charge in [-0.1, -0.05) is 111 Å². The molecule has 0 unspecified atom stereocenters. The Bertz CT molecular complexity index is 1680. The smallest absolute Gasteiger partial charge is 0.408 e. The molecule has 4 aromatic carbocycles. The lowest BCUT2D eigenvalue weighted by molar-refractivity contribution is -0.145. The van der Waals surface area contributed by atoms with E-state index in [-0.39, 0.29) is 19.6 Å². The number of ether oxygens (including phenoxy) is 4. The number of methoxy groups -OCH3 is 1. The summed E-state index contributed by atoms with van der Waals surface area (Å²) in [7, 11) is -0.164. The Labute approximate surface area is 289 Å². The van der Waals surface area contributed by atoms with Gasteiger partial charge in [0, 0.05) is 14.5 Å². The Morgan fingerprint density at radius 3 is 2.00 bits per heavy atom. The highest BCUT2D eigenvalue weighted by Gasteiger charge is 2.26. The van der Waals surface area contributed by atoms with Crippen molar-refractivity contribution >= 4 is 26.1 Å². The topological polar surface area (TPSA) is 126 Å². The van der Waals surface area contributed by atoms with Crippen molar-refractivity contribution in [3.05, 3.63) is 125 Å². The fourth-order valence-electron chi connectivity index (χ4n) is 5.04. The summed E-state index contributed by atoms with van der Waals surface area (Å²) in [5.74, 6) is -0.464. The van der Waals surface area contributed by atoms with E-state index in [1.54, 1.807) is 0 Å². The largest absolute Gasteiger partial charge is 0.489 e. The van der Waals surface area contributed by atoms with Crippen molar-refractivity contribution in [3.8, 4) is 16.9 Å². The Kier molecular flexibility index (Phi) is 13.6. The van der Waals surface area contributed by atoms with Crippen LogP contribution in [0.5, 0.6) is 5.75 Å². The highest BCUT2D eigenvalue weighted by molar-refractivity contribution is 6.76. The van der Waals surface area contributed by atoms with E-state index >= 15 is 0 Å². The second-order valence-corrected chi connectivity index (χ2v) is 18.7. The number of alkyl carbamates (subject to hydrolysis) is 1. The van der Waals surface area contributed by atoms with E-state index < -0.39 is 38.2 Å². The van der Waals surface area contributed by atoms with E-state index in [1.165, 1.54) is 7.11 Å². The molecule has 10 heteroatoms. The number of esters is 2. The molecule has 3 N–H and O–H groups in total. The Hall–Kier alpha value is -4.93. The van der Waals surface area contributed by atoms with Gasteiger partial charge in [-0.05, 0) is 58.0 Å². The maximum Gasteiger partial charge on any atom is 0.408 e. The van der Waals surface area contributed by atoms with Crippen LogP contribution >= 0.6 is 0 Å². The van der Waals surface area contributed by atoms with Crippen molar-refractivity contribution in [1.29, 1.82) is 0 Å². The average Bonchev–Trinajstić information content (AvgIpc) is 3.09. The maximum absolute atomic E-state index is 13.5. The van der Waals surface area contributed by atoms with E-state index in [2.05, 4.69) is 25.0 Å². The van der Waals surface area contributed by atoms with Crippen molar-refractivity contribution in [2.45, 2.75) is 63.8 Å². The van der Waals surface area contributed by atoms with Gasteiger partial charge >= 0.3 is 18.0 Å². The normalized spacial score (nSPS) is 12.3. The zero-order chi connectivity index (χ0) is 35.2. The molecule has 258 valence electrons. The van der Waals surface area contributed by atoms with Crippen molar-refractivity contribution in [2.75, 3.05) is 13.7 Å². The van der Waals surface area contributed by atoms with Gasteiger partial charge in [0.2, 0.25) is 0 Å². The molecule has 1 amide bonds. The molecule has 0 bridgehead atoms. The lowest BCUT2D eigenvalue weighted by Crippen LogP contribution is -2.44.